The molecular formula is C43H32O8. The predicted octanol–water partition coefficient (Wildman–Crippen LogP) is 7.36. The van der Waals surface area contributed by atoms with Gasteiger partial charge in [0.2, 0.25) is 0 Å². The van der Waals surface area contributed by atoms with Crippen LogP contribution in [0, 0.1) is 19.0 Å². The smallest absolute Gasteiger partial charge is 0.343 e. The van der Waals surface area contributed by atoms with Crippen LogP contribution in [0.2, 0.25) is 0 Å². The van der Waals surface area contributed by atoms with Gasteiger partial charge in [0.25, 0.3) is 0 Å². The summed E-state index contributed by atoms with van der Waals surface area (Å²) < 4.78 is 34.9. The maximum absolute atomic E-state index is 13.1. The van der Waals surface area contributed by atoms with Crippen molar-refractivity contribution in [3.05, 3.63) is 165 Å². The van der Waals surface area contributed by atoms with Crippen molar-refractivity contribution in [3.63, 3.8) is 0 Å². The van der Waals surface area contributed by atoms with Gasteiger partial charge in [0.1, 0.15) is 35.9 Å². The highest BCUT2D eigenvalue weighted by Crippen LogP contribution is 2.34. The molecule has 0 bridgehead atoms. The van der Waals surface area contributed by atoms with Crippen LogP contribution in [0.3, 0.4) is 0 Å². The molecule has 8 nitrogen and oxygen atoms in total. The molecule has 2 aliphatic rings. The third-order valence-electron chi connectivity index (χ3n) is 7.46. The van der Waals surface area contributed by atoms with Crippen molar-refractivity contribution in [1.82, 2.24) is 0 Å². The van der Waals surface area contributed by atoms with E-state index in [2.05, 4.69) is 64.5 Å². The topological polar surface area (TPSA) is 89.5 Å². The summed E-state index contributed by atoms with van der Waals surface area (Å²) in [5.41, 5.74) is 24.1. The van der Waals surface area contributed by atoms with E-state index in [-0.39, 0.29) is 12.7 Å². The Bertz CT molecular complexity index is 2150. The Kier molecular flexibility index (Phi) is 12.9. The largest absolute Gasteiger partial charge is 0.456 e. The van der Waals surface area contributed by atoms with E-state index in [1.165, 1.54) is 0 Å². The van der Waals surface area contributed by atoms with Gasteiger partial charge in [0, 0.05) is 17.6 Å². The van der Waals surface area contributed by atoms with Crippen LogP contribution in [0.15, 0.2) is 143 Å². The Balaban J connectivity index is 1.14. The summed E-state index contributed by atoms with van der Waals surface area (Å²) in [5, 5.41) is 0. The zero-order valence-electron chi connectivity index (χ0n) is 28.0. The third kappa shape index (κ3) is 10.8. The van der Waals surface area contributed by atoms with E-state index in [0.717, 1.165) is 16.7 Å². The van der Waals surface area contributed by atoms with Crippen LogP contribution in [-0.2, 0) is 18.9 Å². The SMILES string of the molecule is C=C=C=C=C=C=C=C=C=C(C)C=CC#COc1ccc(C2OCC3OCCC(OC(=O)c4ccc(OC(=O)c5ccc(C)cc5)cc4)C3O2)cc1. The Labute approximate surface area is 296 Å². The molecule has 0 N–H and O–H groups in total. The molecule has 2 aliphatic heterocycles. The maximum Gasteiger partial charge on any atom is 0.343 e. The van der Waals surface area contributed by atoms with Gasteiger partial charge in [-0.15, -0.1) is 0 Å². The van der Waals surface area contributed by atoms with Gasteiger partial charge in [-0.2, -0.15) is 0 Å². The van der Waals surface area contributed by atoms with Crippen molar-refractivity contribution < 1.29 is 38.0 Å². The highest BCUT2D eigenvalue weighted by atomic mass is 16.7. The fourth-order valence-corrected chi connectivity index (χ4v) is 4.86. The van der Waals surface area contributed by atoms with Crippen LogP contribution in [0.25, 0.3) is 0 Å². The van der Waals surface area contributed by atoms with Gasteiger partial charge < -0.3 is 28.4 Å². The molecule has 0 spiro atoms. The number of ether oxygens (including phenoxy) is 6. The van der Waals surface area contributed by atoms with Crippen LogP contribution >= 0.6 is 0 Å². The van der Waals surface area contributed by atoms with E-state index in [4.69, 9.17) is 28.4 Å². The van der Waals surface area contributed by atoms with Crippen molar-refractivity contribution in [2.75, 3.05) is 13.2 Å². The molecular weight excluding hydrogens is 644 g/mol. The summed E-state index contributed by atoms with van der Waals surface area (Å²) >= 11 is 0. The second-order valence-electron chi connectivity index (χ2n) is 11.2. The highest BCUT2D eigenvalue weighted by molar-refractivity contribution is 5.92. The summed E-state index contributed by atoms with van der Waals surface area (Å²) in [4.78, 5) is 25.6. The van der Waals surface area contributed by atoms with Gasteiger partial charge in [-0.1, -0.05) is 41.3 Å². The first-order chi connectivity index (χ1) is 24.9. The normalized spacial score (nSPS) is 18.5. The standard InChI is InChI=1S/C43H32O8/c1-4-5-6-7-8-9-10-13-31(2)14-11-12-28-46-36-23-21-35(22-24-36)43-48-30-39-40(51-43)38(27-29-47-39)50-42(45)34-19-25-37(26-20-34)49-41(44)33-17-15-32(3)16-18-33/h11,14-26,38-40,43H,1,27,29-30H2,2-3H3. The van der Waals surface area contributed by atoms with Crippen LogP contribution < -0.4 is 9.47 Å². The molecule has 0 aromatic heterocycles. The third-order valence-corrected chi connectivity index (χ3v) is 7.46. The Morgan fingerprint density at radius 2 is 1.49 bits per heavy atom. The number of esters is 2. The predicted molar refractivity (Wildman–Crippen MR) is 187 cm³/mol. The number of allylic oxidation sites excluding steroid dienone is 3. The Morgan fingerprint density at radius 1 is 0.824 bits per heavy atom. The van der Waals surface area contributed by atoms with Gasteiger partial charge in [-0.05, 0) is 121 Å². The molecule has 2 heterocycles. The molecule has 4 atom stereocenters. The summed E-state index contributed by atoms with van der Waals surface area (Å²) in [6, 6.07) is 20.5. The highest BCUT2D eigenvalue weighted by Gasteiger charge is 2.43. The van der Waals surface area contributed by atoms with Gasteiger partial charge in [-0.3, -0.25) is 0 Å². The number of rotatable bonds is 7. The average Bonchev–Trinajstić information content (AvgIpc) is 3.15. The minimum Gasteiger partial charge on any atom is -0.456 e. The summed E-state index contributed by atoms with van der Waals surface area (Å²) in [6.45, 7) is 7.81. The number of fused-ring (bicyclic) bond motifs is 1. The number of carbonyl (C=O) groups is 2. The lowest BCUT2D eigenvalue weighted by Gasteiger charge is -2.42. The van der Waals surface area contributed by atoms with Crippen LogP contribution in [0.1, 0.15) is 51.5 Å². The van der Waals surface area contributed by atoms with Gasteiger partial charge in [0.05, 0.1) is 24.3 Å². The van der Waals surface area contributed by atoms with E-state index in [0.29, 0.717) is 35.7 Å². The molecule has 8 heteroatoms. The first-order valence-corrected chi connectivity index (χ1v) is 15.9. The molecule has 3 aromatic carbocycles. The van der Waals surface area contributed by atoms with Gasteiger partial charge in [-0.25, -0.2) is 9.59 Å². The lowest BCUT2D eigenvalue weighted by molar-refractivity contribution is -0.298. The van der Waals surface area contributed by atoms with Crippen molar-refractivity contribution >= 4 is 11.9 Å². The maximum atomic E-state index is 13.1. The molecule has 2 fully saturated rings. The van der Waals surface area contributed by atoms with Gasteiger partial charge >= 0.3 is 11.9 Å². The minimum absolute atomic E-state index is 0.272. The molecule has 4 unspecified atom stereocenters. The lowest BCUT2D eigenvalue weighted by Crippen LogP contribution is -2.53. The summed E-state index contributed by atoms with van der Waals surface area (Å²) in [7, 11) is 0. The van der Waals surface area contributed by atoms with Gasteiger partial charge in [0.15, 0.2) is 6.29 Å². The van der Waals surface area contributed by atoms with Crippen LogP contribution in [-0.4, -0.2) is 43.5 Å². The molecule has 0 amide bonds. The van der Waals surface area contributed by atoms with Crippen LogP contribution in [0.5, 0.6) is 11.5 Å². The average molecular weight is 677 g/mol. The minimum atomic E-state index is -0.696. The Morgan fingerprint density at radius 3 is 2.24 bits per heavy atom. The van der Waals surface area contributed by atoms with Crippen molar-refractivity contribution in [2.45, 2.75) is 44.9 Å². The molecule has 0 saturated carbocycles. The van der Waals surface area contributed by atoms with Crippen LogP contribution in [0.4, 0.5) is 0 Å². The zero-order chi connectivity index (χ0) is 35.8. The number of aryl methyl sites for hydroxylation is 1. The molecule has 51 heavy (non-hydrogen) atoms. The quantitative estimate of drug-likeness (QED) is 0.0844. The second-order valence-corrected chi connectivity index (χ2v) is 11.2. The first kappa shape index (κ1) is 35.9. The number of hydrogen-bond donors (Lipinski definition) is 0. The Hall–Kier alpha value is -6.44. The fourth-order valence-electron chi connectivity index (χ4n) is 4.86. The van der Waals surface area contributed by atoms with Crippen molar-refractivity contribution in [3.8, 4) is 23.5 Å². The second kappa shape index (κ2) is 18.4. The van der Waals surface area contributed by atoms with E-state index in [1.807, 2.05) is 38.1 Å². The zero-order valence-corrected chi connectivity index (χ0v) is 28.0. The molecule has 5 rings (SSSR count). The lowest BCUT2D eigenvalue weighted by atomic mass is 10.0. The van der Waals surface area contributed by atoms with Crippen molar-refractivity contribution in [1.29, 1.82) is 0 Å². The molecule has 252 valence electrons. The molecule has 3 aromatic rings. The molecule has 2 saturated heterocycles. The summed E-state index contributed by atoms with van der Waals surface area (Å²) in [5.74, 6) is 2.66. The number of benzene rings is 3. The van der Waals surface area contributed by atoms with E-state index < -0.39 is 30.4 Å². The molecule has 0 radical (unpaired) electrons. The first-order valence-electron chi connectivity index (χ1n) is 15.9. The van der Waals surface area contributed by atoms with Crippen molar-refractivity contribution in [2.24, 2.45) is 0 Å². The monoisotopic (exact) mass is 676 g/mol. The number of carbonyl (C=O) groups excluding carboxylic acids is 2. The van der Waals surface area contributed by atoms with E-state index in [1.54, 1.807) is 60.7 Å². The number of hydrogen-bond acceptors (Lipinski definition) is 8. The summed E-state index contributed by atoms with van der Waals surface area (Å²) in [6.07, 6.45) is 4.31. The van der Waals surface area contributed by atoms with E-state index >= 15 is 0 Å². The molecule has 0 aliphatic carbocycles. The van der Waals surface area contributed by atoms with E-state index in [9.17, 15) is 9.59 Å². The fraction of sp³-hybridized carbons (Fsp3) is 0.209.